The number of halogens is 2. The Bertz CT molecular complexity index is 666. The molecule has 0 bridgehead atoms. The summed E-state index contributed by atoms with van der Waals surface area (Å²) in [6.07, 6.45) is 3.05. The van der Waals surface area contributed by atoms with Crippen LogP contribution in [0.15, 0.2) is 39.6 Å². The lowest BCUT2D eigenvalue weighted by atomic mass is 9.97. The average molecular weight is 399 g/mol. The van der Waals surface area contributed by atoms with Crippen molar-refractivity contribution in [1.82, 2.24) is 0 Å². The number of benzene rings is 1. The minimum absolute atomic E-state index is 0.0730. The van der Waals surface area contributed by atoms with E-state index in [0.717, 1.165) is 27.9 Å². The van der Waals surface area contributed by atoms with Crippen LogP contribution in [0.3, 0.4) is 0 Å². The predicted molar refractivity (Wildman–Crippen MR) is 85.4 cm³/mol. The average Bonchev–Trinajstić information content (AvgIpc) is 2.88. The summed E-state index contributed by atoms with van der Waals surface area (Å²) in [5.74, 6) is 0.179. The van der Waals surface area contributed by atoms with Crippen molar-refractivity contribution in [3.63, 3.8) is 0 Å². The van der Waals surface area contributed by atoms with Gasteiger partial charge < -0.3 is 9.32 Å². The maximum absolute atomic E-state index is 11.7. The van der Waals surface area contributed by atoms with Crippen molar-refractivity contribution < 1.29 is 9.21 Å². The highest BCUT2D eigenvalue weighted by Gasteiger charge is 2.23. The molecule has 2 heterocycles. The summed E-state index contributed by atoms with van der Waals surface area (Å²) in [5.41, 5.74) is 4.45. The molecule has 5 heteroatoms. The fourth-order valence-electron chi connectivity index (χ4n) is 2.50. The van der Waals surface area contributed by atoms with Crippen molar-refractivity contribution >= 4 is 43.5 Å². The van der Waals surface area contributed by atoms with Gasteiger partial charge in [-0.2, -0.15) is 0 Å². The minimum Gasteiger partial charge on any atom is -0.457 e. The van der Waals surface area contributed by atoms with E-state index in [1.165, 1.54) is 5.56 Å². The lowest BCUT2D eigenvalue weighted by Gasteiger charge is -2.26. The van der Waals surface area contributed by atoms with Crippen molar-refractivity contribution in [3.8, 4) is 0 Å². The number of carbonyl (C=O) groups is 1. The van der Waals surface area contributed by atoms with E-state index in [-0.39, 0.29) is 10.7 Å². The van der Waals surface area contributed by atoms with Crippen LogP contribution in [0, 0.1) is 0 Å². The van der Waals surface area contributed by atoms with Gasteiger partial charge >= 0.3 is 0 Å². The molecule has 0 radical (unpaired) electrons. The number of aryl methyl sites for hydroxylation is 1. The summed E-state index contributed by atoms with van der Waals surface area (Å²) < 4.78 is 6.02. The molecular formula is C15H13Br2NO2. The maximum Gasteiger partial charge on any atom is 0.227 e. The number of alkyl halides is 1. The lowest BCUT2D eigenvalue weighted by Crippen LogP contribution is -2.31. The van der Waals surface area contributed by atoms with Crippen LogP contribution >= 0.6 is 31.9 Å². The molecule has 1 amide bonds. The van der Waals surface area contributed by atoms with Gasteiger partial charge in [0, 0.05) is 24.7 Å². The molecule has 1 atom stereocenters. The van der Waals surface area contributed by atoms with Gasteiger partial charge in [0.25, 0.3) is 0 Å². The Balaban J connectivity index is 1.97. The van der Waals surface area contributed by atoms with Gasteiger partial charge in [-0.05, 0) is 45.6 Å². The predicted octanol–water partition coefficient (Wildman–Crippen LogP) is 4.44. The molecule has 1 aromatic heterocycles. The highest BCUT2D eigenvalue weighted by molar-refractivity contribution is 9.10. The summed E-state index contributed by atoms with van der Waals surface area (Å²) in [5, 5.41) is 0. The molecular weight excluding hydrogens is 386 g/mol. The molecule has 0 spiro atoms. The van der Waals surface area contributed by atoms with E-state index in [1.807, 2.05) is 25.2 Å². The van der Waals surface area contributed by atoms with E-state index < -0.39 is 0 Å². The maximum atomic E-state index is 11.7. The number of fused-ring (bicyclic) bond motifs is 1. The molecule has 0 fully saturated rings. The number of hydrogen-bond donors (Lipinski definition) is 0. The second-order valence-electron chi connectivity index (χ2n) is 4.85. The number of carbonyl (C=O) groups excluding carboxylic acids is 1. The Morgan fingerprint density at radius 3 is 2.80 bits per heavy atom. The Labute approximate surface area is 134 Å². The first kappa shape index (κ1) is 13.9. The highest BCUT2D eigenvalue weighted by atomic mass is 79.9. The van der Waals surface area contributed by atoms with Crippen molar-refractivity contribution in [3.05, 3.63) is 51.9 Å². The third-order valence-corrected chi connectivity index (χ3v) is 5.33. The SMILES string of the molecule is CN1C(=O)CCc2cc(C(Br)c3ccoc3Br)ccc21. The molecule has 20 heavy (non-hydrogen) atoms. The molecule has 1 aromatic carbocycles. The number of nitrogens with zero attached hydrogens (tertiary/aromatic N) is 1. The van der Waals surface area contributed by atoms with E-state index in [4.69, 9.17) is 4.42 Å². The van der Waals surface area contributed by atoms with Crippen LogP contribution < -0.4 is 4.90 Å². The molecule has 0 aliphatic carbocycles. The number of amides is 1. The fraction of sp³-hybridized carbons (Fsp3) is 0.267. The zero-order chi connectivity index (χ0) is 14.3. The third kappa shape index (κ3) is 2.33. The van der Waals surface area contributed by atoms with E-state index in [1.54, 1.807) is 11.2 Å². The third-order valence-electron chi connectivity index (χ3n) is 3.66. The van der Waals surface area contributed by atoms with Gasteiger partial charge in [0.05, 0.1) is 11.1 Å². The van der Waals surface area contributed by atoms with Crippen LogP contribution in [0.5, 0.6) is 0 Å². The first-order valence-electron chi connectivity index (χ1n) is 6.34. The summed E-state index contributed by atoms with van der Waals surface area (Å²) in [6.45, 7) is 0. The van der Waals surface area contributed by atoms with Crippen LogP contribution in [-0.4, -0.2) is 13.0 Å². The molecule has 1 aliphatic heterocycles. The highest BCUT2D eigenvalue weighted by Crippen LogP contribution is 2.38. The molecule has 0 saturated heterocycles. The topological polar surface area (TPSA) is 33.5 Å². The van der Waals surface area contributed by atoms with Crippen molar-refractivity contribution in [2.45, 2.75) is 17.7 Å². The number of furan rings is 1. The van der Waals surface area contributed by atoms with Crippen LogP contribution in [-0.2, 0) is 11.2 Å². The van der Waals surface area contributed by atoms with Gasteiger partial charge in [-0.1, -0.05) is 28.1 Å². The molecule has 1 unspecified atom stereocenters. The van der Waals surface area contributed by atoms with Crippen molar-refractivity contribution in [1.29, 1.82) is 0 Å². The summed E-state index contributed by atoms with van der Waals surface area (Å²) >= 11 is 7.12. The first-order chi connectivity index (χ1) is 9.58. The molecule has 2 aromatic rings. The monoisotopic (exact) mass is 397 g/mol. The summed E-state index contributed by atoms with van der Waals surface area (Å²) in [7, 11) is 1.83. The zero-order valence-corrected chi connectivity index (χ0v) is 14.1. The normalized spacial score (nSPS) is 16.1. The number of rotatable bonds is 2. The zero-order valence-electron chi connectivity index (χ0n) is 10.9. The second-order valence-corrected chi connectivity index (χ2v) is 6.49. The van der Waals surface area contributed by atoms with Gasteiger partial charge in [0.15, 0.2) is 4.67 Å². The Morgan fingerprint density at radius 1 is 1.30 bits per heavy atom. The van der Waals surface area contributed by atoms with Gasteiger partial charge in [-0.3, -0.25) is 4.79 Å². The van der Waals surface area contributed by atoms with E-state index in [0.29, 0.717) is 6.42 Å². The first-order valence-corrected chi connectivity index (χ1v) is 8.05. The van der Waals surface area contributed by atoms with Crippen LogP contribution in [0.25, 0.3) is 0 Å². The number of anilines is 1. The van der Waals surface area contributed by atoms with Gasteiger partial charge in [0.2, 0.25) is 5.91 Å². The van der Waals surface area contributed by atoms with Crippen LogP contribution in [0.1, 0.15) is 27.9 Å². The molecule has 3 rings (SSSR count). The van der Waals surface area contributed by atoms with Gasteiger partial charge in [0.1, 0.15) is 0 Å². The minimum atomic E-state index is 0.0730. The Morgan fingerprint density at radius 2 is 2.10 bits per heavy atom. The molecule has 0 saturated carbocycles. The largest absolute Gasteiger partial charge is 0.457 e. The van der Waals surface area contributed by atoms with E-state index in [2.05, 4.69) is 37.9 Å². The van der Waals surface area contributed by atoms with E-state index >= 15 is 0 Å². The smallest absolute Gasteiger partial charge is 0.227 e. The standard InChI is InChI=1S/C15H13Br2NO2/c1-18-12-4-2-10(8-9(12)3-5-13(18)19)14(16)11-6-7-20-15(11)17/h2,4,6-8,14H,3,5H2,1H3. The fourth-order valence-corrected chi connectivity index (χ4v) is 3.92. The molecule has 0 N–H and O–H groups in total. The van der Waals surface area contributed by atoms with Crippen LogP contribution in [0.4, 0.5) is 5.69 Å². The quantitative estimate of drug-likeness (QED) is 0.701. The second kappa shape index (κ2) is 5.37. The van der Waals surface area contributed by atoms with Crippen molar-refractivity contribution in [2.75, 3.05) is 11.9 Å². The molecule has 3 nitrogen and oxygen atoms in total. The van der Waals surface area contributed by atoms with Gasteiger partial charge in [-0.15, -0.1) is 0 Å². The summed E-state index contributed by atoms with van der Waals surface area (Å²) in [6, 6.07) is 8.17. The molecule has 104 valence electrons. The van der Waals surface area contributed by atoms with Crippen LogP contribution in [0.2, 0.25) is 0 Å². The summed E-state index contributed by atoms with van der Waals surface area (Å²) in [4.78, 5) is 13.5. The van der Waals surface area contributed by atoms with Crippen molar-refractivity contribution in [2.24, 2.45) is 0 Å². The lowest BCUT2D eigenvalue weighted by molar-refractivity contribution is -0.118. The Hall–Kier alpha value is -1.07. The van der Waals surface area contributed by atoms with Gasteiger partial charge in [-0.25, -0.2) is 0 Å². The van der Waals surface area contributed by atoms with E-state index in [9.17, 15) is 4.79 Å². The number of hydrogen-bond acceptors (Lipinski definition) is 2. The molecule has 1 aliphatic rings. The Kier molecular flexibility index (Phi) is 3.73.